The Morgan fingerprint density at radius 2 is 1.86 bits per heavy atom. The highest BCUT2D eigenvalue weighted by molar-refractivity contribution is 6.06. The van der Waals surface area contributed by atoms with Crippen molar-refractivity contribution in [1.82, 2.24) is 9.55 Å². The molecule has 1 fully saturated rings. The largest absolute Gasteiger partial charge is 0.422 e. The first-order valence-electron chi connectivity index (χ1n) is 10.4. The van der Waals surface area contributed by atoms with E-state index in [0.29, 0.717) is 17.2 Å². The predicted octanol–water partition coefficient (Wildman–Crippen LogP) is 5.99. The number of carbonyl (C=O) groups is 1. The van der Waals surface area contributed by atoms with Gasteiger partial charge in [-0.25, -0.2) is 4.79 Å². The Bertz CT molecular complexity index is 1170. The third-order valence-electron chi connectivity index (χ3n) is 6.03. The zero-order chi connectivity index (χ0) is 19.6. The number of benzene rings is 2. The fraction of sp³-hybridized carbons (Fsp3) is 0.280. The molecule has 1 aliphatic carbocycles. The van der Waals surface area contributed by atoms with Gasteiger partial charge in [0.15, 0.2) is 0 Å². The lowest BCUT2D eigenvalue weighted by atomic mass is 9.89. The van der Waals surface area contributed by atoms with Crippen LogP contribution in [0.2, 0.25) is 0 Å². The molecular weight excluding hydrogens is 360 g/mol. The second kappa shape index (κ2) is 7.70. The van der Waals surface area contributed by atoms with Crippen molar-refractivity contribution >= 4 is 27.6 Å². The fourth-order valence-corrected chi connectivity index (χ4v) is 4.55. The zero-order valence-corrected chi connectivity index (χ0v) is 16.4. The molecule has 146 valence electrons. The maximum absolute atomic E-state index is 13.1. The van der Waals surface area contributed by atoms with Crippen LogP contribution >= 0.6 is 0 Å². The number of ether oxygens (including phenoxy) is 1. The van der Waals surface area contributed by atoms with E-state index in [9.17, 15) is 4.79 Å². The number of fused-ring (bicyclic) bond motifs is 2. The number of esters is 1. The minimum Gasteiger partial charge on any atom is -0.422 e. The van der Waals surface area contributed by atoms with Gasteiger partial charge in [0.1, 0.15) is 5.75 Å². The van der Waals surface area contributed by atoms with Gasteiger partial charge in [0.05, 0.1) is 5.56 Å². The van der Waals surface area contributed by atoms with E-state index in [1.165, 1.54) is 32.1 Å². The summed E-state index contributed by atoms with van der Waals surface area (Å²) < 4.78 is 8.09. The Hall–Kier alpha value is -3.14. The summed E-state index contributed by atoms with van der Waals surface area (Å²) in [5.41, 5.74) is 1.73. The molecule has 2 heterocycles. The van der Waals surface area contributed by atoms with Crippen molar-refractivity contribution < 1.29 is 9.53 Å². The van der Waals surface area contributed by atoms with Crippen molar-refractivity contribution in [2.24, 2.45) is 5.92 Å². The van der Waals surface area contributed by atoms with Crippen molar-refractivity contribution in [2.75, 3.05) is 0 Å². The van der Waals surface area contributed by atoms with Crippen molar-refractivity contribution in [3.8, 4) is 5.75 Å². The molecule has 1 saturated carbocycles. The van der Waals surface area contributed by atoms with Crippen LogP contribution in [0.3, 0.4) is 0 Å². The standard InChI is InChI=1S/C25H24N2O2/c28-25(29-24-12-6-9-19-15-26-14-13-20(19)24)22-17-27(16-18-7-2-1-3-8-18)23-11-5-4-10-21(22)23/h4-6,9-15,17-18H,1-3,7-8,16H2. The molecule has 0 bridgehead atoms. The summed E-state index contributed by atoms with van der Waals surface area (Å²) in [6.45, 7) is 0.966. The Balaban J connectivity index is 1.48. The van der Waals surface area contributed by atoms with E-state index in [1.54, 1.807) is 12.4 Å². The van der Waals surface area contributed by atoms with Crippen molar-refractivity contribution in [1.29, 1.82) is 0 Å². The van der Waals surface area contributed by atoms with E-state index in [2.05, 4.69) is 15.6 Å². The number of aromatic nitrogens is 2. The smallest absolute Gasteiger partial charge is 0.345 e. The van der Waals surface area contributed by atoms with E-state index in [4.69, 9.17) is 4.74 Å². The maximum atomic E-state index is 13.1. The van der Waals surface area contributed by atoms with Crippen LogP contribution in [0.1, 0.15) is 42.5 Å². The Morgan fingerprint density at radius 1 is 1.00 bits per heavy atom. The Labute approximate surface area is 170 Å². The summed E-state index contributed by atoms with van der Waals surface area (Å²) in [5, 5.41) is 2.80. The SMILES string of the molecule is O=C(Oc1cccc2cnccc12)c1cn(CC2CCCCC2)c2ccccc12. The fourth-order valence-electron chi connectivity index (χ4n) is 4.55. The van der Waals surface area contributed by atoms with Crippen molar-refractivity contribution in [2.45, 2.75) is 38.6 Å². The van der Waals surface area contributed by atoms with Gasteiger partial charge in [-0.1, -0.05) is 49.6 Å². The molecule has 4 heteroatoms. The minimum absolute atomic E-state index is 0.312. The number of pyridine rings is 1. The quantitative estimate of drug-likeness (QED) is 0.321. The van der Waals surface area contributed by atoms with Crippen LogP contribution in [0.25, 0.3) is 21.7 Å². The molecule has 0 saturated heterocycles. The first-order chi connectivity index (χ1) is 14.3. The number of para-hydroxylation sites is 1. The summed E-state index contributed by atoms with van der Waals surface area (Å²) >= 11 is 0. The number of nitrogens with zero attached hydrogens (tertiary/aromatic N) is 2. The minimum atomic E-state index is -0.312. The van der Waals surface area contributed by atoms with E-state index in [-0.39, 0.29) is 5.97 Å². The first-order valence-corrected chi connectivity index (χ1v) is 10.4. The van der Waals surface area contributed by atoms with Gasteiger partial charge in [-0.05, 0) is 37.0 Å². The summed E-state index contributed by atoms with van der Waals surface area (Å²) in [4.78, 5) is 17.3. The third kappa shape index (κ3) is 3.51. The van der Waals surface area contributed by atoms with Crippen molar-refractivity contribution in [3.63, 3.8) is 0 Å². The lowest BCUT2D eigenvalue weighted by Crippen LogP contribution is -2.13. The van der Waals surface area contributed by atoms with Gasteiger partial charge in [0.2, 0.25) is 0 Å². The summed E-state index contributed by atoms with van der Waals surface area (Å²) in [5.74, 6) is 0.945. The molecule has 4 aromatic rings. The summed E-state index contributed by atoms with van der Waals surface area (Å²) in [7, 11) is 0. The second-order valence-electron chi connectivity index (χ2n) is 7.96. The van der Waals surface area contributed by atoms with Crippen LogP contribution in [-0.2, 0) is 6.54 Å². The molecule has 1 aliphatic rings. The average Bonchev–Trinajstić information content (AvgIpc) is 3.13. The highest BCUT2D eigenvalue weighted by atomic mass is 16.5. The molecule has 0 radical (unpaired) electrons. The van der Waals surface area contributed by atoms with Gasteiger partial charge >= 0.3 is 5.97 Å². The van der Waals surface area contributed by atoms with Gasteiger partial charge in [-0.3, -0.25) is 4.98 Å². The van der Waals surface area contributed by atoms with E-state index in [0.717, 1.165) is 28.2 Å². The molecule has 2 aromatic heterocycles. The monoisotopic (exact) mass is 384 g/mol. The van der Waals surface area contributed by atoms with E-state index >= 15 is 0 Å². The third-order valence-corrected chi connectivity index (χ3v) is 6.03. The Morgan fingerprint density at radius 3 is 2.76 bits per heavy atom. The van der Waals surface area contributed by atoms with Gasteiger partial charge < -0.3 is 9.30 Å². The molecule has 0 atom stereocenters. The normalized spacial score (nSPS) is 15.0. The zero-order valence-electron chi connectivity index (χ0n) is 16.4. The molecule has 5 rings (SSSR count). The summed E-state index contributed by atoms with van der Waals surface area (Å²) in [6.07, 6.45) is 12.0. The molecule has 0 unspecified atom stereocenters. The van der Waals surface area contributed by atoms with Gasteiger partial charge in [0.25, 0.3) is 0 Å². The molecule has 0 aliphatic heterocycles. The lowest BCUT2D eigenvalue weighted by Gasteiger charge is -2.22. The molecule has 2 aromatic carbocycles. The molecule has 0 spiro atoms. The van der Waals surface area contributed by atoms with Crippen LogP contribution in [-0.4, -0.2) is 15.5 Å². The predicted molar refractivity (Wildman–Crippen MR) is 115 cm³/mol. The number of rotatable bonds is 4. The van der Waals surface area contributed by atoms with Crippen LogP contribution in [0, 0.1) is 5.92 Å². The van der Waals surface area contributed by atoms with Crippen LogP contribution in [0.5, 0.6) is 5.75 Å². The first kappa shape index (κ1) is 17.9. The van der Waals surface area contributed by atoms with Crippen LogP contribution in [0.4, 0.5) is 0 Å². The molecule has 0 N–H and O–H groups in total. The molecule has 29 heavy (non-hydrogen) atoms. The van der Waals surface area contributed by atoms with E-state index in [1.807, 2.05) is 48.7 Å². The number of hydrogen-bond acceptors (Lipinski definition) is 3. The molecular formula is C25H24N2O2. The average molecular weight is 384 g/mol. The maximum Gasteiger partial charge on any atom is 0.345 e. The van der Waals surface area contributed by atoms with Gasteiger partial charge in [-0.2, -0.15) is 0 Å². The highest BCUT2D eigenvalue weighted by Crippen LogP contribution is 2.30. The van der Waals surface area contributed by atoms with Crippen LogP contribution < -0.4 is 4.74 Å². The topological polar surface area (TPSA) is 44.1 Å². The summed E-state index contributed by atoms with van der Waals surface area (Å²) in [6, 6.07) is 15.7. The molecule has 4 nitrogen and oxygen atoms in total. The van der Waals surface area contributed by atoms with Crippen molar-refractivity contribution in [3.05, 3.63) is 72.7 Å². The second-order valence-corrected chi connectivity index (χ2v) is 7.96. The Kier molecular flexibility index (Phi) is 4.76. The molecule has 0 amide bonds. The number of hydrogen-bond donors (Lipinski definition) is 0. The van der Waals surface area contributed by atoms with Gasteiger partial charge in [-0.15, -0.1) is 0 Å². The lowest BCUT2D eigenvalue weighted by molar-refractivity contribution is 0.0739. The number of carbonyl (C=O) groups excluding carboxylic acids is 1. The van der Waals surface area contributed by atoms with Crippen LogP contribution in [0.15, 0.2) is 67.1 Å². The highest BCUT2D eigenvalue weighted by Gasteiger charge is 2.20. The van der Waals surface area contributed by atoms with E-state index < -0.39 is 0 Å². The van der Waals surface area contributed by atoms with Gasteiger partial charge in [0, 0.05) is 46.8 Å².